The Kier molecular flexibility index (Phi) is 4.74. The fraction of sp³-hybridized carbons (Fsp3) is 0.294. The van der Waals surface area contributed by atoms with Gasteiger partial charge in [0.2, 0.25) is 10.0 Å². The van der Waals surface area contributed by atoms with Crippen LogP contribution in [0.2, 0.25) is 0 Å². The van der Waals surface area contributed by atoms with E-state index in [2.05, 4.69) is 5.92 Å². The summed E-state index contributed by atoms with van der Waals surface area (Å²) in [6.45, 7) is 5.51. The molecule has 1 aromatic heterocycles. The van der Waals surface area contributed by atoms with Gasteiger partial charge in [-0.2, -0.15) is 4.31 Å². The Balaban J connectivity index is 2.40. The van der Waals surface area contributed by atoms with Gasteiger partial charge in [0.25, 0.3) is 0 Å². The van der Waals surface area contributed by atoms with E-state index < -0.39 is 16.1 Å². The van der Waals surface area contributed by atoms with Gasteiger partial charge in [0.05, 0.1) is 17.5 Å². The summed E-state index contributed by atoms with van der Waals surface area (Å²) in [6.07, 6.45) is 5.44. The minimum Gasteiger partial charge on any atom is -0.465 e. The van der Waals surface area contributed by atoms with Crippen LogP contribution >= 0.6 is 0 Å². The van der Waals surface area contributed by atoms with Crippen molar-refractivity contribution in [3.05, 3.63) is 53.5 Å². The molecule has 0 aliphatic carbocycles. The Bertz CT molecular complexity index is 782. The van der Waals surface area contributed by atoms with Gasteiger partial charge in [-0.15, -0.1) is 6.42 Å². The fourth-order valence-corrected chi connectivity index (χ4v) is 3.61. The van der Waals surface area contributed by atoms with Gasteiger partial charge in [-0.05, 0) is 45.0 Å². The number of hydrogen-bond donors (Lipinski definition) is 0. The molecule has 0 spiro atoms. The van der Waals surface area contributed by atoms with Crippen molar-refractivity contribution in [3.63, 3.8) is 0 Å². The largest absolute Gasteiger partial charge is 0.465 e. The molecule has 0 radical (unpaired) electrons. The van der Waals surface area contributed by atoms with Gasteiger partial charge in [-0.1, -0.05) is 23.6 Å². The first-order chi connectivity index (χ1) is 10.3. The summed E-state index contributed by atoms with van der Waals surface area (Å²) in [5.74, 6) is 3.78. The van der Waals surface area contributed by atoms with Gasteiger partial charge in [0, 0.05) is 0 Å². The Labute approximate surface area is 131 Å². The highest BCUT2D eigenvalue weighted by Gasteiger charge is 2.29. The van der Waals surface area contributed by atoms with Gasteiger partial charge in [0.1, 0.15) is 11.5 Å². The predicted molar refractivity (Wildman–Crippen MR) is 85.6 cm³/mol. The third-order valence-corrected chi connectivity index (χ3v) is 5.34. The number of nitrogens with zero attached hydrogens (tertiary/aromatic N) is 1. The van der Waals surface area contributed by atoms with Crippen molar-refractivity contribution in [1.82, 2.24) is 4.31 Å². The first-order valence-electron chi connectivity index (χ1n) is 6.94. The fourth-order valence-electron chi connectivity index (χ4n) is 2.08. The molecule has 0 saturated carbocycles. The third kappa shape index (κ3) is 3.41. The quantitative estimate of drug-likeness (QED) is 0.796. The standard InChI is InChI=1S/C17H19NO3S/c1-5-14(3)18(12-16-9-8-15(4)21-16)22(19,20)17-10-6-13(2)7-11-17/h1,6-11,14H,12H2,2-4H3. The van der Waals surface area contributed by atoms with Crippen molar-refractivity contribution >= 4 is 10.0 Å². The normalized spacial score (nSPS) is 13.0. The second-order valence-electron chi connectivity index (χ2n) is 5.22. The molecule has 5 heteroatoms. The molecular weight excluding hydrogens is 298 g/mol. The maximum atomic E-state index is 12.8. The Morgan fingerprint density at radius 2 is 1.82 bits per heavy atom. The lowest BCUT2D eigenvalue weighted by molar-refractivity contribution is 0.338. The summed E-state index contributed by atoms with van der Waals surface area (Å²) in [7, 11) is -3.69. The van der Waals surface area contributed by atoms with E-state index in [1.807, 2.05) is 13.8 Å². The van der Waals surface area contributed by atoms with Gasteiger partial charge in [-0.25, -0.2) is 8.42 Å². The molecule has 22 heavy (non-hydrogen) atoms. The van der Waals surface area contributed by atoms with Crippen LogP contribution in [0.3, 0.4) is 0 Å². The van der Waals surface area contributed by atoms with Crippen LogP contribution < -0.4 is 0 Å². The second kappa shape index (κ2) is 6.39. The summed E-state index contributed by atoms with van der Waals surface area (Å²) in [6, 6.07) is 9.70. The average molecular weight is 317 g/mol. The minimum atomic E-state index is -3.69. The smallest absolute Gasteiger partial charge is 0.244 e. The molecule has 0 aliphatic heterocycles. The molecule has 2 aromatic rings. The predicted octanol–water partition coefficient (Wildman–Crippen LogP) is 3.11. The van der Waals surface area contributed by atoms with Gasteiger partial charge in [0.15, 0.2) is 0 Å². The van der Waals surface area contributed by atoms with Crippen molar-refractivity contribution in [2.24, 2.45) is 0 Å². The van der Waals surface area contributed by atoms with E-state index in [9.17, 15) is 8.42 Å². The average Bonchev–Trinajstić information content (AvgIpc) is 2.89. The molecule has 0 aliphatic rings. The van der Waals surface area contributed by atoms with Gasteiger partial charge >= 0.3 is 0 Å². The summed E-state index contributed by atoms with van der Waals surface area (Å²) >= 11 is 0. The van der Waals surface area contributed by atoms with E-state index in [4.69, 9.17) is 10.8 Å². The van der Waals surface area contributed by atoms with Crippen LogP contribution in [0.5, 0.6) is 0 Å². The Hall–Kier alpha value is -2.03. The molecule has 1 aromatic carbocycles. The van der Waals surface area contributed by atoms with Crippen LogP contribution in [0.4, 0.5) is 0 Å². The van der Waals surface area contributed by atoms with Crippen molar-refractivity contribution < 1.29 is 12.8 Å². The molecule has 1 atom stereocenters. The molecule has 4 nitrogen and oxygen atoms in total. The summed E-state index contributed by atoms with van der Waals surface area (Å²) < 4.78 is 32.4. The van der Waals surface area contributed by atoms with Crippen molar-refractivity contribution in [3.8, 4) is 12.3 Å². The highest BCUT2D eigenvalue weighted by Crippen LogP contribution is 2.22. The first-order valence-corrected chi connectivity index (χ1v) is 8.38. The molecule has 0 saturated heterocycles. The van der Waals surface area contributed by atoms with Crippen molar-refractivity contribution in [2.75, 3.05) is 0 Å². The van der Waals surface area contributed by atoms with E-state index >= 15 is 0 Å². The highest BCUT2D eigenvalue weighted by atomic mass is 32.2. The molecule has 1 heterocycles. The van der Waals surface area contributed by atoms with Crippen molar-refractivity contribution in [2.45, 2.75) is 38.3 Å². The lowest BCUT2D eigenvalue weighted by atomic mass is 10.2. The van der Waals surface area contributed by atoms with E-state index in [-0.39, 0.29) is 11.4 Å². The Morgan fingerprint density at radius 1 is 1.18 bits per heavy atom. The van der Waals surface area contributed by atoms with Crippen LogP contribution in [-0.4, -0.2) is 18.8 Å². The highest BCUT2D eigenvalue weighted by molar-refractivity contribution is 7.89. The molecule has 1 unspecified atom stereocenters. The van der Waals surface area contributed by atoms with Crippen LogP contribution in [-0.2, 0) is 16.6 Å². The summed E-state index contributed by atoms with van der Waals surface area (Å²) in [4.78, 5) is 0.225. The SMILES string of the molecule is C#CC(C)N(Cc1ccc(C)o1)S(=O)(=O)c1ccc(C)cc1. The second-order valence-corrected chi connectivity index (χ2v) is 7.11. The number of hydrogen-bond acceptors (Lipinski definition) is 3. The van der Waals surface area contributed by atoms with E-state index in [1.165, 1.54) is 4.31 Å². The number of rotatable bonds is 5. The molecule has 0 bridgehead atoms. The molecule has 0 N–H and O–H groups in total. The van der Waals surface area contributed by atoms with Crippen LogP contribution in [0, 0.1) is 26.2 Å². The zero-order valence-electron chi connectivity index (χ0n) is 12.9. The zero-order valence-corrected chi connectivity index (χ0v) is 13.7. The topological polar surface area (TPSA) is 50.5 Å². The lowest BCUT2D eigenvalue weighted by Gasteiger charge is -2.24. The number of terminal acetylenes is 1. The summed E-state index contributed by atoms with van der Waals surface area (Å²) in [5, 5.41) is 0. The summed E-state index contributed by atoms with van der Waals surface area (Å²) in [5.41, 5.74) is 0.997. The number of sulfonamides is 1. The van der Waals surface area contributed by atoms with Crippen LogP contribution in [0.15, 0.2) is 45.7 Å². The number of furan rings is 1. The lowest BCUT2D eigenvalue weighted by Crippen LogP contribution is -2.37. The van der Waals surface area contributed by atoms with Gasteiger partial charge < -0.3 is 4.42 Å². The van der Waals surface area contributed by atoms with Crippen LogP contribution in [0.25, 0.3) is 0 Å². The first kappa shape index (κ1) is 16.3. The van der Waals surface area contributed by atoms with Crippen molar-refractivity contribution in [1.29, 1.82) is 0 Å². The molecule has 2 rings (SSSR count). The third-order valence-electron chi connectivity index (χ3n) is 3.41. The van der Waals surface area contributed by atoms with Crippen LogP contribution in [0.1, 0.15) is 24.0 Å². The van der Waals surface area contributed by atoms with E-state index in [0.717, 1.165) is 11.3 Å². The molecule has 116 valence electrons. The minimum absolute atomic E-state index is 0.107. The Morgan fingerprint density at radius 3 is 2.32 bits per heavy atom. The number of aryl methyl sites for hydroxylation is 2. The number of benzene rings is 1. The maximum absolute atomic E-state index is 12.8. The van der Waals surface area contributed by atoms with E-state index in [1.54, 1.807) is 43.3 Å². The maximum Gasteiger partial charge on any atom is 0.244 e. The molecule has 0 fully saturated rings. The monoisotopic (exact) mass is 317 g/mol. The van der Waals surface area contributed by atoms with E-state index in [0.29, 0.717) is 5.76 Å². The molecular formula is C17H19NO3S. The van der Waals surface area contributed by atoms with Gasteiger partial charge in [-0.3, -0.25) is 0 Å². The zero-order chi connectivity index (χ0) is 16.3. The molecule has 0 amide bonds.